The van der Waals surface area contributed by atoms with Crippen LogP contribution in [0, 0.1) is 0 Å². The third-order valence-corrected chi connectivity index (χ3v) is 2.48. The van der Waals surface area contributed by atoms with Crippen molar-refractivity contribution < 1.29 is 19.9 Å². The lowest BCUT2D eigenvalue weighted by molar-refractivity contribution is -0.142. The van der Waals surface area contributed by atoms with Gasteiger partial charge in [-0.15, -0.1) is 0 Å². The number of aliphatic hydroxyl groups is 1. The van der Waals surface area contributed by atoms with Gasteiger partial charge in [-0.1, -0.05) is 0 Å². The quantitative estimate of drug-likeness (QED) is 0.177. The molecule has 0 spiro atoms. The summed E-state index contributed by atoms with van der Waals surface area (Å²) < 4.78 is 0. The first kappa shape index (κ1) is 10.0. The van der Waals surface area contributed by atoms with Gasteiger partial charge in [-0.3, -0.25) is 14.8 Å². The van der Waals surface area contributed by atoms with E-state index in [1.165, 1.54) is 25.3 Å². The average molecular weight is 186 g/mol. The molecule has 0 bridgehead atoms. The fraction of sp³-hybridized carbons (Fsp3) is 0.667. The molecule has 2 amide bonds. The van der Waals surface area contributed by atoms with E-state index in [1.807, 2.05) is 0 Å². The molecule has 2 unspecified atom stereocenters. The number of carbonyl (C=O) groups excluding carboxylic acids is 2. The second-order valence-corrected chi connectivity index (χ2v) is 3.34. The molecule has 7 heteroatoms. The maximum absolute atomic E-state index is 11.4. The number of rotatable bonds is 1. The molecule has 1 fully saturated rings. The molecule has 0 aromatic rings. The number of aliphatic hydroxyl groups excluding tert-OH is 1. The van der Waals surface area contributed by atoms with Crippen molar-refractivity contribution in [1.29, 1.82) is 0 Å². The molecule has 0 saturated carbocycles. The van der Waals surface area contributed by atoms with Crippen LogP contribution in [0.5, 0.6) is 0 Å². The highest BCUT2D eigenvalue weighted by atomic mass is 16.5. The molecule has 13 heavy (non-hydrogen) atoms. The van der Waals surface area contributed by atoms with Crippen LogP contribution in [0.2, 0.25) is 5.31 Å². The van der Waals surface area contributed by atoms with Crippen LogP contribution in [-0.2, 0) is 9.59 Å². The van der Waals surface area contributed by atoms with Gasteiger partial charge in [0.15, 0.2) is 0 Å². The van der Waals surface area contributed by atoms with Crippen LogP contribution < -0.4 is 5.48 Å². The van der Waals surface area contributed by atoms with E-state index in [-0.39, 0.29) is 6.54 Å². The monoisotopic (exact) mass is 186 g/mol. The zero-order chi connectivity index (χ0) is 10.2. The highest BCUT2D eigenvalue weighted by Crippen LogP contribution is 2.35. The molecular weight excluding hydrogens is 175 g/mol. The van der Waals surface area contributed by atoms with E-state index in [2.05, 4.69) is 0 Å². The van der Waals surface area contributed by atoms with Crippen LogP contribution >= 0.6 is 0 Å². The Balaban J connectivity index is 3.01. The van der Waals surface area contributed by atoms with Crippen molar-refractivity contribution in [3.05, 3.63) is 0 Å². The maximum Gasteiger partial charge on any atom is 0.253 e. The summed E-state index contributed by atoms with van der Waals surface area (Å²) in [7, 11) is 2.79. The molecule has 1 saturated heterocycles. The van der Waals surface area contributed by atoms with Crippen LogP contribution in [0.15, 0.2) is 0 Å². The number of hydrogen-bond acceptors (Lipinski definition) is 4. The van der Waals surface area contributed by atoms with Gasteiger partial charge in [-0.2, -0.15) is 0 Å². The number of likely N-dealkylation sites (N-methyl/N-ethyl adjacent to an activating group) is 1. The summed E-state index contributed by atoms with van der Waals surface area (Å²) in [6.45, 7) is 0.1000. The minimum atomic E-state index is -1.57. The first-order valence-corrected chi connectivity index (χ1v) is 3.82. The van der Waals surface area contributed by atoms with E-state index in [0.717, 1.165) is 0 Å². The first-order valence-electron chi connectivity index (χ1n) is 3.82. The molecule has 1 aliphatic heterocycles. The molecule has 72 valence electrons. The van der Waals surface area contributed by atoms with Gasteiger partial charge in [0.25, 0.3) is 5.91 Å². The summed E-state index contributed by atoms with van der Waals surface area (Å²) in [5, 5.41) is 16.3. The molecule has 1 rings (SSSR count). The van der Waals surface area contributed by atoms with Crippen LogP contribution in [0.4, 0.5) is 0 Å². The van der Waals surface area contributed by atoms with Crippen molar-refractivity contribution in [3.63, 3.8) is 0 Å². The van der Waals surface area contributed by atoms with Crippen LogP contribution in [0.3, 0.4) is 0 Å². The van der Waals surface area contributed by atoms with Crippen molar-refractivity contribution >= 4 is 19.7 Å². The second kappa shape index (κ2) is 3.00. The molecule has 0 aromatic heterocycles. The Hall–Kier alpha value is -1.08. The fourth-order valence-corrected chi connectivity index (χ4v) is 1.43. The van der Waals surface area contributed by atoms with Crippen molar-refractivity contribution in [1.82, 2.24) is 10.4 Å². The fourth-order valence-electron chi connectivity index (χ4n) is 1.43. The average Bonchev–Trinajstić information content (AvgIpc) is 2.30. The second-order valence-electron chi connectivity index (χ2n) is 3.34. The van der Waals surface area contributed by atoms with E-state index >= 15 is 0 Å². The van der Waals surface area contributed by atoms with Gasteiger partial charge in [-0.05, 0) is 0 Å². The predicted molar refractivity (Wildman–Crippen MR) is 44.8 cm³/mol. The summed E-state index contributed by atoms with van der Waals surface area (Å²) in [6.07, 6.45) is -1.09. The molecular formula is C6H11BN2O4. The molecule has 3 N–H and O–H groups in total. The van der Waals surface area contributed by atoms with Gasteiger partial charge < -0.3 is 10.0 Å². The largest absolute Gasteiger partial charge is 0.390 e. The van der Waals surface area contributed by atoms with Gasteiger partial charge in [0.2, 0.25) is 5.91 Å². The first-order chi connectivity index (χ1) is 5.94. The highest BCUT2D eigenvalue weighted by molar-refractivity contribution is 6.42. The number of hydroxylamine groups is 1. The Morgan fingerprint density at radius 3 is 2.69 bits per heavy atom. The number of nitrogens with zero attached hydrogens (tertiary/aromatic N) is 1. The van der Waals surface area contributed by atoms with E-state index in [4.69, 9.17) is 5.21 Å². The number of β-amino-alcohol motifs (C(OH)–C–C–N with tert-alkyl or cyclic N) is 1. The smallest absolute Gasteiger partial charge is 0.253 e. The summed E-state index contributed by atoms with van der Waals surface area (Å²) in [4.78, 5) is 23.8. The molecule has 6 nitrogen and oxygen atoms in total. The van der Waals surface area contributed by atoms with E-state index in [9.17, 15) is 14.7 Å². The Morgan fingerprint density at radius 2 is 2.38 bits per heavy atom. The Kier molecular flexibility index (Phi) is 2.31. The minimum absolute atomic E-state index is 0.1000. The lowest BCUT2D eigenvalue weighted by Crippen LogP contribution is -2.45. The maximum atomic E-state index is 11.4. The zero-order valence-electron chi connectivity index (χ0n) is 7.44. The van der Waals surface area contributed by atoms with Crippen LogP contribution in [0.25, 0.3) is 0 Å². The standard InChI is InChI=1S/C6H11BN2O4/c1-9-2-3(10)6(7,5(9)12)4(11)8-13/h3,10,13H,2,7H2,1H3,(H,8,11). The van der Waals surface area contributed by atoms with Crippen molar-refractivity contribution in [2.75, 3.05) is 13.6 Å². The van der Waals surface area contributed by atoms with Gasteiger partial charge in [0, 0.05) is 13.6 Å². The van der Waals surface area contributed by atoms with Gasteiger partial charge in [0.1, 0.15) is 13.2 Å². The normalized spacial score (nSPS) is 33.6. The number of nitrogens with one attached hydrogen (secondary N) is 1. The molecule has 0 aromatic carbocycles. The summed E-state index contributed by atoms with van der Waals surface area (Å²) in [5.41, 5.74) is 1.38. The number of hydrogen-bond donors (Lipinski definition) is 3. The van der Waals surface area contributed by atoms with Crippen molar-refractivity contribution in [3.8, 4) is 0 Å². The third kappa shape index (κ3) is 1.20. The summed E-state index contributed by atoms with van der Waals surface area (Å²) >= 11 is 0. The van der Waals surface area contributed by atoms with Crippen molar-refractivity contribution in [2.45, 2.75) is 11.4 Å². The van der Waals surface area contributed by atoms with E-state index in [1.54, 1.807) is 0 Å². The van der Waals surface area contributed by atoms with Gasteiger partial charge >= 0.3 is 0 Å². The summed E-state index contributed by atoms with van der Waals surface area (Å²) in [6, 6.07) is 0. The Morgan fingerprint density at radius 1 is 1.85 bits per heavy atom. The highest BCUT2D eigenvalue weighted by Gasteiger charge is 2.54. The van der Waals surface area contributed by atoms with E-state index < -0.39 is 23.2 Å². The molecule has 0 aliphatic carbocycles. The Bertz CT molecular complexity index is 259. The minimum Gasteiger partial charge on any atom is -0.390 e. The number of amides is 2. The molecule has 1 aliphatic rings. The lowest BCUT2D eigenvalue weighted by Gasteiger charge is -2.21. The third-order valence-electron chi connectivity index (χ3n) is 2.48. The van der Waals surface area contributed by atoms with Crippen LogP contribution in [-0.4, -0.2) is 54.6 Å². The molecule has 1 heterocycles. The number of likely N-dealkylation sites (tertiary alicyclic amines) is 1. The molecule has 0 radical (unpaired) electrons. The van der Waals surface area contributed by atoms with Crippen LogP contribution in [0.1, 0.15) is 0 Å². The predicted octanol–water partition coefficient (Wildman–Crippen LogP) is -2.88. The topological polar surface area (TPSA) is 89.9 Å². The lowest BCUT2D eigenvalue weighted by atomic mass is 9.65. The molecule has 2 atom stereocenters. The SMILES string of the molecule is BC1(C(=O)NO)C(=O)N(C)CC1O. The Labute approximate surface area is 75.9 Å². The zero-order valence-corrected chi connectivity index (χ0v) is 7.44. The van der Waals surface area contributed by atoms with E-state index in [0.29, 0.717) is 0 Å². The summed E-state index contributed by atoms with van der Waals surface area (Å²) in [5.74, 6) is -1.37. The number of carbonyl (C=O) groups is 2. The van der Waals surface area contributed by atoms with Gasteiger partial charge in [-0.25, -0.2) is 5.48 Å². The van der Waals surface area contributed by atoms with Crippen molar-refractivity contribution in [2.24, 2.45) is 0 Å². The van der Waals surface area contributed by atoms with Gasteiger partial charge in [0.05, 0.1) is 6.10 Å².